The molecule has 2 rings (SSSR count). The second kappa shape index (κ2) is 8.39. The molecule has 3 nitrogen and oxygen atoms in total. The molecule has 0 aromatic heterocycles. The lowest BCUT2D eigenvalue weighted by molar-refractivity contribution is -0.123. The zero-order valence-electron chi connectivity index (χ0n) is 16.8. The van der Waals surface area contributed by atoms with Crippen LogP contribution < -0.4 is 10.1 Å². The molecular formula is C23H31NO2. The van der Waals surface area contributed by atoms with Crippen LogP contribution in [0.15, 0.2) is 42.5 Å². The van der Waals surface area contributed by atoms with Gasteiger partial charge in [0.15, 0.2) is 6.61 Å². The minimum atomic E-state index is -0.102. The van der Waals surface area contributed by atoms with Crippen molar-refractivity contribution < 1.29 is 9.53 Å². The molecule has 0 aliphatic rings. The number of ether oxygens (including phenoxy) is 1. The highest BCUT2D eigenvalue weighted by atomic mass is 16.5. The molecule has 2 aromatic carbocycles. The van der Waals surface area contributed by atoms with Gasteiger partial charge < -0.3 is 10.1 Å². The number of nitrogens with one attached hydrogen (secondary N) is 1. The molecule has 0 spiro atoms. The van der Waals surface area contributed by atoms with Crippen LogP contribution in [0.25, 0.3) is 0 Å². The van der Waals surface area contributed by atoms with E-state index >= 15 is 0 Å². The molecule has 0 saturated heterocycles. The van der Waals surface area contributed by atoms with Crippen LogP contribution in [0.1, 0.15) is 62.4 Å². The summed E-state index contributed by atoms with van der Waals surface area (Å²) in [6, 6.07) is 14.3. The third-order valence-corrected chi connectivity index (χ3v) is 4.77. The molecule has 0 fully saturated rings. The number of hydrogen-bond donors (Lipinski definition) is 1. The Bertz CT molecular complexity index is 742. The minimum absolute atomic E-state index is 0.00802. The predicted octanol–water partition coefficient (Wildman–Crippen LogP) is 5.25. The number of rotatable bonds is 6. The number of carbonyl (C=O) groups excluding carboxylic acids is 1. The van der Waals surface area contributed by atoms with Gasteiger partial charge in [0.25, 0.3) is 5.91 Å². The molecule has 3 heteroatoms. The van der Waals surface area contributed by atoms with Crippen molar-refractivity contribution in [3.63, 3.8) is 0 Å². The van der Waals surface area contributed by atoms with Crippen molar-refractivity contribution in [3.8, 4) is 5.75 Å². The molecule has 140 valence electrons. The van der Waals surface area contributed by atoms with Crippen LogP contribution in [-0.4, -0.2) is 12.5 Å². The summed E-state index contributed by atoms with van der Waals surface area (Å²) in [5, 5.41) is 3.07. The molecule has 0 bridgehead atoms. The summed E-state index contributed by atoms with van der Waals surface area (Å²) in [7, 11) is 0. The van der Waals surface area contributed by atoms with E-state index in [2.05, 4.69) is 77.2 Å². The molecule has 0 saturated carbocycles. The number of carbonyl (C=O) groups is 1. The van der Waals surface area contributed by atoms with Crippen LogP contribution in [0.5, 0.6) is 5.75 Å². The SMILES string of the molecule is CC[C@@H](NC(=O)COc1ccc(C(C)(C)C)cc1)c1ccc(C)c(C)c1. The van der Waals surface area contributed by atoms with E-state index in [4.69, 9.17) is 4.74 Å². The van der Waals surface area contributed by atoms with Crippen molar-refractivity contribution in [2.45, 2.75) is 59.4 Å². The first kappa shape index (κ1) is 20.0. The molecule has 2 aromatic rings. The molecule has 26 heavy (non-hydrogen) atoms. The Balaban J connectivity index is 1.93. The van der Waals surface area contributed by atoms with E-state index < -0.39 is 0 Å². The van der Waals surface area contributed by atoms with Crippen LogP contribution >= 0.6 is 0 Å². The Kier molecular flexibility index (Phi) is 6.47. The van der Waals surface area contributed by atoms with Gasteiger partial charge in [-0.2, -0.15) is 0 Å². The quantitative estimate of drug-likeness (QED) is 0.770. The first-order chi connectivity index (χ1) is 12.2. The van der Waals surface area contributed by atoms with Gasteiger partial charge in [-0.05, 0) is 60.1 Å². The van der Waals surface area contributed by atoms with E-state index in [0.29, 0.717) is 5.75 Å². The van der Waals surface area contributed by atoms with Crippen molar-refractivity contribution >= 4 is 5.91 Å². The first-order valence-corrected chi connectivity index (χ1v) is 9.30. The third-order valence-electron chi connectivity index (χ3n) is 4.77. The molecule has 1 atom stereocenters. The Labute approximate surface area is 157 Å². The zero-order valence-corrected chi connectivity index (χ0v) is 16.8. The van der Waals surface area contributed by atoms with Gasteiger partial charge in [-0.1, -0.05) is 58.0 Å². The van der Waals surface area contributed by atoms with Crippen LogP contribution in [0, 0.1) is 13.8 Å². The van der Waals surface area contributed by atoms with E-state index in [1.807, 2.05) is 12.1 Å². The predicted molar refractivity (Wildman–Crippen MR) is 108 cm³/mol. The lowest BCUT2D eigenvalue weighted by Crippen LogP contribution is -2.32. The molecular weight excluding hydrogens is 322 g/mol. The van der Waals surface area contributed by atoms with Crippen LogP contribution in [0.4, 0.5) is 0 Å². The molecule has 0 unspecified atom stereocenters. The van der Waals surface area contributed by atoms with Crippen molar-refractivity contribution in [1.82, 2.24) is 5.32 Å². The Morgan fingerprint density at radius 3 is 2.23 bits per heavy atom. The fraction of sp³-hybridized carbons (Fsp3) is 0.435. The van der Waals surface area contributed by atoms with E-state index in [0.717, 1.165) is 12.0 Å². The fourth-order valence-electron chi connectivity index (χ4n) is 2.84. The number of aryl methyl sites for hydroxylation is 2. The maximum atomic E-state index is 12.3. The Morgan fingerprint density at radius 1 is 1.04 bits per heavy atom. The first-order valence-electron chi connectivity index (χ1n) is 9.30. The second-order valence-electron chi connectivity index (χ2n) is 7.94. The molecule has 0 aliphatic heterocycles. The number of hydrogen-bond acceptors (Lipinski definition) is 2. The third kappa shape index (κ3) is 5.35. The summed E-state index contributed by atoms with van der Waals surface area (Å²) in [6.45, 7) is 12.8. The maximum absolute atomic E-state index is 12.3. The van der Waals surface area contributed by atoms with E-state index in [9.17, 15) is 4.79 Å². The van der Waals surface area contributed by atoms with Crippen molar-refractivity contribution in [1.29, 1.82) is 0 Å². The summed E-state index contributed by atoms with van der Waals surface area (Å²) < 4.78 is 5.65. The van der Waals surface area contributed by atoms with Crippen LogP contribution in [-0.2, 0) is 10.2 Å². The van der Waals surface area contributed by atoms with Crippen LogP contribution in [0.3, 0.4) is 0 Å². The van der Waals surface area contributed by atoms with E-state index in [-0.39, 0.29) is 24.0 Å². The maximum Gasteiger partial charge on any atom is 0.258 e. The van der Waals surface area contributed by atoms with Crippen molar-refractivity contribution in [2.24, 2.45) is 0 Å². The van der Waals surface area contributed by atoms with E-state index in [1.165, 1.54) is 16.7 Å². The highest BCUT2D eigenvalue weighted by Crippen LogP contribution is 2.24. The molecule has 0 radical (unpaired) electrons. The standard InChI is InChI=1S/C23H31NO2/c1-7-21(18-9-8-16(2)17(3)14-18)24-22(25)15-26-20-12-10-19(11-13-20)23(4,5)6/h8-14,21H,7,15H2,1-6H3,(H,24,25)/t21-/m1/s1. The summed E-state index contributed by atoms with van der Waals surface area (Å²) in [4.78, 5) is 12.3. The molecule has 0 heterocycles. The summed E-state index contributed by atoms with van der Waals surface area (Å²) >= 11 is 0. The summed E-state index contributed by atoms with van der Waals surface area (Å²) in [6.07, 6.45) is 0.842. The topological polar surface area (TPSA) is 38.3 Å². The fourth-order valence-corrected chi connectivity index (χ4v) is 2.84. The Hall–Kier alpha value is -2.29. The lowest BCUT2D eigenvalue weighted by atomic mass is 9.87. The number of amides is 1. The monoisotopic (exact) mass is 353 g/mol. The zero-order chi connectivity index (χ0) is 19.3. The van der Waals surface area contributed by atoms with Gasteiger partial charge in [0, 0.05) is 0 Å². The average molecular weight is 354 g/mol. The van der Waals surface area contributed by atoms with Gasteiger partial charge in [0.2, 0.25) is 0 Å². The van der Waals surface area contributed by atoms with Crippen LogP contribution in [0.2, 0.25) is 0 Å². The van der Waals surface area contributed by atoms with Gasteiger partial charge in [0.1, 0.15) is 5.75 Å². The van der Waals surface area contributed by atoms with E-state index in [1.54, 1.807) is 0 Å². The largest absolute Gasteiger partial charge is 0.484 e. The van der Waals surface area contributed by atoms with Gasteiger partial charge in [0.05, 0.1) is 6.04 Å². The van der Waals surface area contributed by atoms with Gasteiger partial charge in [-0.15, -0.1) is 0 Å². The minimum Gasteiger partial charge on any atom is -0.484 e. The van der Waals surface area contributed by atoms with Gasteiger partial charge in [-0.25, -0.2) is 0 Å². The van der Waals surface area contributed by atoms with Gasteiger partial charge in [-0.3, -0.25) is 4.79 Å². The normalized spacial score (nSPS) is 12.5. The summed E-state index contributed by atoms with van der Waals surface area (Å²) in [5.74, 6) is 0.613. The summed E-state index contributed by atoms with van der Waals surface area (Å²) in [5.41, 5.74) is 4.99. The highest BCUT2D eigenvalue weighted by molar-refractivity contribution is 5.78. The average Bonchev–Trinajstić information content (AvgIpc) is 2.60. The molecule has 1 N–H and O–H groups in total. The van der Waals surface area contributed by atoms with Crippen molar-refractivity contribution in [2.75, 3.05) is 6.61 Å². The smallest absolute Gasteiger partial charge is 0.258 e. The van der Waals surface area contributed by atoms with Crippen molar-refractivity contribution in [3.05, 3.63) is 64.7 Å². The lowest BCUT2D eigenvalue weighted by Gasteiger charge is -2.20. The van der Waals surface area contributed by atoms with Gasteiger partial charge >= 0.3 is 0 Å². The highest BCUT2D eigenvalue weighted by Gasteiger charge is 2.15. The molecule has 1 amide bonds. The molecule has 0 aliphatic carbocycles. The Morgan fingerprint density at radius 2 is 1.69 bits per heavy atom. The number of benzene rings is 2. The second-order valence-corrected chi connectivity index (χ2v) is 7.94.